The molecule has 0 aliphatic carbocycles. The molecule has 15 heavy (non-hydrogen) atoms. The number of nitrogens with zero attached hydrogens (tertiary/aromatic N) is 2. The van der Waals surface area contributed by atoms with E-state index in [1.165, 1.54) is 5.69 Å². The molecule has 2 unspecified atom stereocenters. The van der Waals surface area contributed by atoms with Crippen molar-refractivity contribution in [3.8, 4) is 0 Å². The van der Waals surface area contributed by atoms with Gasteiger partial charge in [0.25, 0.3) is 0 Å². The van der Waals surface area contributed by atoms with E-state index in [-0.39, 0.29) is 0 Å². The third kappa shape index (κ3) is 2.39. The molecule has 3 N–H and O–H groups in total. The molecule has 1 aromatic heterocycles. The van der Waals surface area contributed by atoms with Gasteiger partial charge in [0.05, 0.1) is 0 Å². The van der Waals surface area contributed by atoms with E-state index in [1.807, 2.05) is 12.1 Å². The van der Waals surface area contributed by atoms with Crippen LogP contribution in [0.3, 0.4) is 0 Å². The molecule has 0 aromatic carbocycles. The molecule has 1 fully saturated rings. The van der Waals surface area contributed by atoms with Crippen LogP contribution in [0.15, 0.2) is 18.3 Å². The maximum atomic E-state index is 5.68. The molecular weight excluding hydrogens is 188 g/mol. The average molecular weight is 206 g/mol. The van der Waals surface area contributed by atoms with Crippen molar-refractivity contribution < 1.29 is 0 Å². The molecule has 0 bridgehead atoms. The molecule has 0 saturated carbocycles. The first-order valence-electron chi connectivity index (χ1n) is 5.37. The molecule has 4 heteroatoms. The Bertz CT molecular complexity index is 329. The lowest BCUT2D eigenvalue weighted by Crippen LogP contribution is -2.54. The summed E-state index contributed by atoms with van der Waals surface area (Å²) in [5.74, 6) is 0.589. The summed E-state index contributed by atoms with van der Waals surface area (Å²) in [4.78, 5) is 6.36. The van der Waals surface area contributed by atoms with E-state index in [4.69, 9.17) is 5.73 Å². The van der Waals surface area contributed by atoms with Crippen LogP contribution in [-0.4, -0.2) is 30.2 Å². The van der Waals surface area contributed by atoms with Crippen LogP contribution < -0.4 is 16.0 Å². The minimum Gasteiger partial charge on any atom is -0.384 e. The highest BCUT2D eigenvalue weighted by molar-refractivity contribution is 5.52. The third-order valence-electron chi connectivity index (χ3n) is 2.69. The lowest BCUT2D eigenvalue weighted by atomic mass is 10.1. The summed E-state index contributed by atoms with van der Waals surface area (Å²) in [6.07, 6.45) is 1.77. The number of pyridine rings is 1. The van der Waals surface area contributed by atoms with E-state index >= 15 is 0 Å². The minimum absolute atomic E-state index is 0.517. The summed E-state index contributed by atoms with van der Waals surface area (Å²) in [5, 5.41) is 3.50. The van der Waals surface area contributed by atoms with Crippen molar-refractivity contribution in [1.82, 2.24) is 10.3 Å². The Morgan fingerprint density at radius 1 is 1.40 bits per heavy atom. The molecule has 2 rings (SSSR count). The highest BCUT2D eigenvalue weighted by atomic mass is 15.2. The maximum absolute atomic E-state index is 5.68. The normalized spacial score (nSPS) is 26.7. The Morgan fingerprint density at radius 3 is 2.67 bits per heavy atom. The Hall–Kier alpha value is -1.29. The Morgan fingerprint density at radius 2 is 2.07 bits per heavy atom. The zero-order chi connectivity index (χ0) is 10.8. The summed E-state index contributed by atoms with van der Waals surface area (Å²) in [7, 11) is 0. The Labute approximate surface area is 90.5 Å². The number of aromatic nitrogens is 1. The zero-order valence-corrected chi connectivity index (χ0v) is 9.27. The predicted molar refractivity (Wildman–Crippen MR) is 62.9 cm³/mol. The predicted octanol–water partition coefficient (Wildman–Crippen LogP) is 0.850. The molecule has 1 aliphatic rings. The number of nitrogen functional groups attached to an aromatic ring is 1. The van der Waals surface area contributed by atoms with Gasteiger partial charge in [0.2, 0.25) is 0 Å². The molecule has 0 amide bonds. The SMILES string of the molecule is CC1CN(c2ccnc(N)c2)CC(C)N1. The van der Waals surface area contributed by atoms with Crippen LogP contribution in [0.1, 0.15) is 13.8 Å². The second-order valence-electron chi connectivity index (χ2n) is 4.31. The topological polar surface area (TPSA) is 54.2 Å². The van der Waals surface area contributed by atoms with Crippen molar-refractivity contribution in [2.24, 2.45) is 0 Å². The third-order valence-corrected chi connectivity index (χ3v) is 2.69. The fourth-order valence-electron chi connectivity index (χ4n) is 2.17. The number of rotatable bonds is 1. The molecule has 1 aromatic rings. The highest BCUT2D eigenvalue weighted by Crippen LogP contribution is 2.18. The number of hydrogen-bond acceptors (Lipinski definition) is 4. The second-order valence-corrected chi connectivity index (χ2v) is 4.31. The van der Waals surface area contributed by atoms with Gasteiger partial charge in [-0.2, -0.15) is 0 Å². The second kappa shape index (κ2) is 4.06. The number of anilines is 2. The van der Waals surface area contributed by atoms with Gasteiger partial charge in [-0.25, -0.2) is 4.98 Å². The van der Waals surface area contributed by atoms with E-state index in [0.29, 0.717) is 17.9 Å². The summed E-state index contributed by atoms with van der Waals surface area (Å²) in [5.41, 5.74) is 6.85. The summed E-state index contributed by atoms with van der Waals surface area (Å²) >= 11 is 0. The van der Waals surface area contributed by atoms with Gasteiger partial charge < -0.3 is 16.0 Å². The van der Waals surface area contributed by atoms with Crippen molar-refractivity contribution >= 4 is 11.5 Å². The van der Waals surface area contributed by atoms with Crippen molar-refractivity contribution in [2.45, 2.75) is 25.9 Å². The Balaban J connectivity index is 2.16. The Kier molecular flexibility index (Phi) is 2.77. The van der Waals surface area contributed by atoms with Gasteiger partial charge in [0, 0.05) is 43.1 Å². The fourth-order valence-corrected chi connectivity index (χ4v) is 2.17. The van der Waals surface area contributed by atoms with Gasteiger partial charge in [-0.15, -0.1) is 0 Å². The number of nitrogens with two attached hydrogens (primary N) is 1. The lowest BCUT2D eigenvalue weighted by Gasteiger charge is -2.37. The quantitative estimate of drug-likeness (QED) is 0.715. The van der Waals surface area contributed by atoms with Crippen LogP contribution in [0.2, 0.25) is 0 Å². The molecule has 82 valence electrons. The van der Waals surface area contributed by atoms with E-state index in [0.717, 1.165) is 13.1 Å². The van der Waals surface area contributed by atoms with E-state index in [9.17, 15) is 0 Å². The standard InChI is InChI=1S/C11H18N4/c1-8-6-15(7-9(2)14-8)10-3-4-13-11(12)5-10/h3-5,8-9,14H,6-7H2,1-2H3,(H2,12,13). The van der Waals surface area contributed by atoms with E-state index in [1.54, 1.807) is 6.20 Å². The zero-order valence-electron chi connectivity index (χ0n) is 9.27. The summed E-state index contributed by atoms with van der Waals surface area (Å²) < 4.78 is 0. The summed E-state index contributed by atoms with van der Waals surface area (Å²) in [6.45, 7) is 6.45. The number of piperazine rings is 1. The van der Waals surface area contributed by atoms with Gasteiger partial charge in [-0.3, -0.25) is 0 Å². The molecule has 2 atom stereocenters. The minimum atomic E-state index is 0.517. The number of nitrogens with one attached hydrogen (secondary N) is 1. The van der Waals surface area contributed by atoms with Gasteiger partial charge in [-0.05, 0) is 19.9 Å². The van der Waals surface area contributed by atoms with Gasteiger partial charge in [-0.1, -0.05) is 0 Å². The molecule has 1 aliphatic heterocycles. The monoisotopic (exact) mass is 206 g/mol. The van der Waals surface area contributed by atoms with Crippen molar-refractivity contribution in [1.29, 1.82) is 0 Å². The van der Waals surface area contributed by atoms with Crippen molar-refractivity contribution in [2.75, 3.05) is 23.7 Å². The van der Waals surface area contributed by atoms with Crippen molar-refractivity contribution in [3.05, 3.63) is 18.3 Å². The lowest BCUT2D eigenvalue weighted by molar-refractivity contribution is 0.407. The fraction of sp³-hybridized carbons (Fsp3) is 0.545. The smallest absolute Gasteiger partial charge is 0.125 e. The van der Waals surface area contributed by atoms with Crippen LogP contribution >= 0.6 is 0 Å². The van der Waals surface area contributed by atoms with Gasteiger partial charge >= 0.3 is 0 Å². The van der Waals surface area contributed by atoms with Crippen molar-refractivity contribution in [3.63, 3.8) is 0 Å². The van der Waals surface area contributed by atoms with Crippen LogP contribution in [0, 0.1) is 0 Å². The van der Waals surface area contributed by atoms with Crippen LogP contribution in [0.5, 0.6) is 0 Å². The largest absolute Gasteiger partial charge is 0.384 e. The first-order chi connectivity index (χ1) is 7.15. The first kappa shape index (κ1) is 10.2. The molecule has 1 saturated heterocycles. The molecule has 0 spiro atoms. The van der Waals surface area contributed by atoms with Crippen LogP contribution in [0.4, 0.5) is 11.5 Å². The molecule has 4 nitrogen and oxygen atoms in total. The van der Waals surface area contributed by atoms with Crippen LogP contribution in [0.25, 0.3) is 0 Å². The molecular formula is C11H18N4. The number of hydrogen-bond donors (Lipinski definition) is 2. The molecule has 0 radical (unpaired) electrons. The van der Waals surface area contributed by atoms with E-state index in [2.05, 4.69) is 29.0 Å². The van der Waals surface area contributed by atoms with E-state index < -0.39 is 0 Å². The average Bonchev–Trinajstić information content (AvgIpc) is 2.16. The first-order valence-corrected chi connectivity index (χ1v) is 5.37. The van der Waals surface area contributed by atoms with Gasteiger partial charge in [0.15, 0.2) is 0 Å². The van der Waals surface area contributed by atoms with Gasteiger partial charge in [0.1, 0.15) is 5.82 Å². The highest BCUT2D eigenvalue weighted by Gasteiger charge is 2.20. The maximum Gasteiger partial charge on any atom is 0.125 e. The van der Waals surface area contributed by atoms with Crippen LogP contribution in [-0.2, 0) is 0 Å². The molecule has 2 heterocycles. The summed E-state index contributed by atoms with van der Waals surface area (Å²) in [6, 6.07) is 4.98.